The van der Waals surface area contributed by atoms with Gasteiger partial charge in [-0.25, -0.2) is 0 Å². The maximum Gasteiger partial charge on any atom is 0.161 e. The van der Waals surface area contributed by atoms with Gasteiger partial charge in [-0.15, -0.1) is 0 Å². The molecule has 1 aromatic carbocycles. The van der Waals surface area contributed by atoms with Crippen LogP contribution in [-0.4, -0.2) is 13.7 Å². The van der Waals surface area contributed by atoms with E-state index in [2.05, 4.69) is 20.8 Å². The Balaban J connectivity index is 2.62. The van der Waals surface area contributed by atoms with E-state index < -0.39 is 0 Å². The first-order chi connectivity index (χ1) is 7.13. The van der Waals surface area contributed by atoms with Crippen LogP contribution in [0.1, 0.15) is 25.8 Å². The highest BCUT2D eigenvalue weighted by molar-refractivity contribution is 5.42. The van der Waals surface area contributed by atoms with Crippen LogP contribution < -0.4 is 9.47 Å². The van der Waals surface area contributed by atoms with Crippen molar-refractivity contribution in [3.63, 3.8) is 0 Å². The lowest BCUT2D eigenvalue weighted by Gasteiger charge is -2.12. The van der Waals surface area contributed by atoms with Gasteiger partial charge in [0.2, 0.25) is 0 Å². The summed E-state index contributed by atoms with van der Waals surface area (Å²) in [5, 5.41) is 0. The van der Waals surface area contributed by atoms with E-state index in [1.807, 2.05) is 18.2 Å². The van der Waals surface area contributed by atoms with Gasteiger partial charge in [0.15, 0.2) is 11.5 Å². The number of aryl methyl sites for hydroxylation is 1. The Morgan fingerprint density at radius 3 is 2.53 bits per heavy atom. The molecule has 0 aliphatic rings. The Hall–Kier alpha value is -1.18. The molecule has 0 fully saturated rings. The van der Waals surface area contributed by atoms with Gasteiger partial charge in [-0.3, -0.25) is 0 Å². The molecular weight excluding hydrogens is 188 g/mol. The van der Waals surface area contributed by atoms with Crippen LogP contribution in [0.3, 0.4) is 0 Å². The Morgan fingerprint density at radius 2 is 1.93 bits per heavy atom. The summed E-state index contributed by atoms with van der Waals surface area (Å²) < 4.78 is 10.9. The molecule has 0 radical (unpaired) electrons. The van der Waals surface area contributed by atoms with Gasteiger partial charge in [-0.05, 0) is 37.0 Å². The molecule has 2 nitrogen and oxygen atoms in total. The van der Waals surface area contributed by atoms with Crippen LogP contribution in [0.25, 0.3) is 0 Å². The topological polar surface area (TPSA) is 18.5 Å². The van der Waals surface area contributed by atoms with Crippen LogP contribution in [0.4, 0.5) is 0 Å². The van der Waals surface area contributed by atoms with Crippen molar-refractivity contribution in [3.05, 3.63) is 23.8 Å². The fraction of sp³-hybridized carbons (Fsp3) is 0.538. The van der Waals surface area contributed by atoms with Crippen LogP contribution in [0.15, 0.2) is 18.2 Å². The third-order valence-corrected chi connectivity index (χ3v) is 2.27. The molecule has 0 amide bonds. The van der Waals surface area contributed by atoms with Crippen molar-refractivity contribution in [2.45, 2.75) is 27.2 Å². The molecule has 15 heavy (non-hydrogen) atoms. The molecule has 0 atom stereocenters. The average Bonchev–Trinajstić information content (AvgIpc) is 2.17. The summed E-state index contributed by atoms with van der Waals surface area (Å²) >= 11 is 0. The Labute approximate surface area is 92.2 Å². The van der Waals surface area contributed by atoms with Crippen LogP contribution in [-0.2, 0) is 0 Å². The van der Waals surface area contributed by atoms with Gasteiger partial charge in [-0.2, -0.15) is 0 Å². The Morgan fingerprint density at radius 1 is 1.20 bits per heavy atom. The molecule has 0 aliphatic heterocycles. The van der Waals surface area contributed by atoms with E-state index in [-0.39, 0.29) is 0 Å². The first kappa shape index (κ1) is 11.9. The van der Waals surface area contributed by atoms with E-state index >= 15 is 0 Å². The van der Waals surface area contributed by atoms with Gasteiger partial charge in [-0.1, -0.05) is 19.9 Å². The third-order valence-electron chi connectivity index (χ3n) is 2.27. The second-order valence-corrected chi connectivity index (χ2v) is 4.19. The summed E-state index contributed by atoms with van der Waals surface area (Å²) in [4.78, 5) is 0. The molecule has 0 bridgehead atoms. The minimum absolute atomic E-state index is 0.667. The van der Waals surface area contributed by atoms with E-state index in [1.54, 1.807) is 7.11 Å². The highest BCUT2D eigenvalue weighted by atomic mass is 16.5. The largest absolute Gasteiger partial charge is 0.493 e. The van der Waals surface area contributed by atoms with Crippen molar-refractivity contribution in [1.29, 1.82) is 0 Å². The van der Waals surface area contributed by atoms with Gasteiger partial charge < -0.3 is 9.47 Å². The Kier molecular flexibility index (Phi) is 4.47. The maximum absolute atomic E-state index is 5.69. The highest BCUT2D eigenvalue weighted by Gasteiger charge is 2.04. The first-order valence-electron chi connectivity index (χ1n) is 5.41. The number of hydrogen-bond acceptors (Lipinski definition) is 2. The molecule has 0 aliphatic carbocycles. The predicted molar refractivity (Wildman–Crippen MR) is 62.7 cm³/mol. The molecular formula is C13H20O2. The summed E-state index contributed by atoms with van der Waals surface area (Å²) in [5.74, 6) is 2.32. The quantitative estimate of drug-likeness (QED) is 0.738. The lowest BCUT2D eigenvalue weighted by Crippen LogP contribution is -2.02. The van der Waals surface area contributed by atoms with E-state index in [4.69, 9.17) is 9.47 Å². The summed E-state index contributed by atoms with van der Waals surface area (Å²) in [7, 11) is 1.67. The SMILES string of the molecule is COc1ccc(C)cc1OCCC(C)C. The van der Waals surface area contributed by atoms with Crippen molar-refractivity contribution >= 4 is 0 Å². The zero-order chi connectivity index (χ0) is 11.3. The molecule has 84 valence electrons. The summed E-state index contributed by atoms with van der Waals surface area (Å²) in [6.07, 6.45) is 1.07. The smallest absolute Gasteiger partial charge is 0.161 e. The molecule has 0 unspecified atom stereocenters. The normalized spacial score (nSPS) is 10.5. The third kappa shape index (κ3) is 3.82. The zero-order valence-electron chi connectivity index (χ0n) is 10.0. The zero-order valence-corrected chi connectivity index (χ0v) is 10.0. The van der Waals surface area contributed by atoms with E-state index in [1.165, 1.54) is 5.56 Å². The van der Waals surface area contributed by atoms with E-state index in [0.717, 1.165) is 24.5 Å². The van der Waals surface area contributed by atoms with Crippen LogP contribution >= 0.6 is 0 Å². The van der Waals surface area contributed by atoms with Crippen molar-refractivity contribution < 1.29 is 9.47 Å². The van der Waals surface area contributed by atoms with Gasteiger partial charge in [0.25, 0.3) is 0 Å². The minimum Gasteiger partial charge on any atom is -0.493 e. The molecule has 0 heterocycles. The van der Waals surface area contributed by atoms with E-state index in [0.29, 0.717) is 5.92 Å². The molecule has 2 heteroatoms. The highest BCUT2D eigenvalue weighted by Crippen LogP contribution is 2.27. The Bertz CT molecular complexity index is 305. The number of methoxy groups -OCH3 is 1. The van der Waals surface area contributed by atoms with Crippen molar-refractivity contribution in [1.82, 2.24) is 0 Å². The molecule has 0 N–H and O–H groups in total. The lowest BCUT2D eigenvalue weighted by atomic mass is 10.1. The van der Waals surface area contributed by atoms with Gasteiger partial charge >= 0.3 is 0 Å². The molecule has 1 rings (SSSR count). The molecule has 0 aromatic heterocycles. The number of ether oxygens (including phenoxy) is 2. The lowest BCUT2D eigenvalue weighted by molar-refractivity contribution is 0.273. The number of rotatable bonds is 5. The van der Waals surface area contributed by atoms with Crippen molar-refractivity contribution in [2.75, 3.05) is 13.7 Å². The summed E-state index contributed by atoms with van der Waals surface area (Å²) in [6.45, 7) is 7.18. The van der Waals surface area contributed by atoms with Gasteiger partial charge in [0, 0.05) is 0 Å². The van der Waals surface area contributed by atoms with Crippen LogP contribution in [0.2, 0.25) is 0 Å². The first-order valence-corrected chi connectivity index (χ1v) is 5.41. The second kappa shape index (κ2) is 5.64. The standard InChI is InChI=1S/C13H20O2/c1-10(2)7-8-15-13-9-11(3)5-6-12(13)14-4/h5-6,9-10H,7-8H2,1-4H3. The van der Waals surface area contributed by atoms with Gasteiger partial charge in [0.05, 0.1) is 13.7 Å². The van der Waals surface area contributed by atoms with Gasteiger partial charge in [0.1, 0.15) is 0 Å². The second-order valence-electron chi connectivity index (χ2n) is 4.19. The number of benzene rings is 1. The monoisotopic (exact) mass is 208 g/mol. The summed E-state index contributed by atoms with van der Waals surface area (Å²) in [6, 6.07) is 5.98. The number of hydrogen-bond donors (Lipinski definition) is 0. The fourth-order valence-electron chi connectivity index (χ4n) is 1.30. The molecule has 0 saturated heterocycles. The van der Waals surface area contributed by atoms with Crippen molar-refractivity contribution in [2.24, 2.45) is 5.92 Å². The molecule has 1 aromatic rings. The maximum atomic E-state index is 5.69. The molecule has 0 saturated carbocycles. The van der Waals surface area contributed by atoms with Crippen molar-refractivity contribution in [3.8, 4) is 11.5 Å². The molecule has 0 spiro atoms. The average molecular weight is 208 g/mol. The van der Waals surface area contributed by atoms with Crippen LogP contribution in [0, 0.1) is 12.8 Å². The predicted octanol–water partition coefficient (Wildman–Crippen LogP) is 3.43. The minimum atomic E-state index is 0.667. The fourth-order valence-corrected chi connectivity index (χ4v) is 1.30. The summed E-state index contributed by atoms with van der Waals surface area (Å²) in [5.41, 5.74) is 1.19. The van der Waals surface area contributed by atoms with Crippen LogP contribution in [0.5, 0.6) is 11.5 Å². The van der Waals surface area contributed by atoms with E-state index in [9.17, 15) is 0 Å².